The topological polar surface area (TPSA) is 41.6 Å². The molecule has 1 heterocycles. The number of hydrogen-bond donors (Lipinski definition) is 1. The lowest BCUT2D eigenvalue weighted by atomic mass is 10.1. The summed E-state index contributed by atoms with van der Waals surface area (Å²) in [7, 11) is 0. The standard InChI is InChI=1S/C13H26N2O2/c1-10(2)7-12-14-8-13(16)15(12)5-6-17-9-11(3)4/h10-12,14H,5-9H2,1-4H3. The molecule has 1 atom stereocenters. The van der Waals surface area contributed by atoms with Crippen molar-refractivity contribution >= 4 is 5.91 Å². The fraction of sp³-hybridized carbons (Fsp3) is 0.923. The van der Waals surface area contributed by atoms with Crippen molar-refractivity contribution in [2.24, 2.45) is 11.8 Å². The molecule has 1 N–H and O–H groups in total. The molecule has 1 aliphatic heterocycles. The van der Waals surface area contributed by atoms with Crippen LogP contribution in [-0.2, 0) is 9.53 Å². The van der Waals surface area contributed by atoms with Crippen molar-refractivity contribution in [3.63, 3.8) is 0 Å². The summed E-state index contributed by atoms with van der Waals surface area (Å²) in [6.07, 6.45) is 1.21. The van der Waals surface area contributed by atoms with Crippen LogP contribution in [-0.4, -0.2) is 43.3 Å². The Hall–Kier alpha value is -0.610. The SMILES string of the molecule is CC(C)COCCN1C(=O)CNC1CC(C)C. The minimum atomic E-state index is 0.198. The second-order valence-electron chi connectivity index (χ2n) is 5.58. The van der Waals surface area contributed by atoms with Gasteiger partial charge in [-0.25, -0.2) is 0 Å². The van der Waals surface area contributed by atoms with Crippen LogP contribution in [0.3, 0.4) is 0 Å². The Kier molecular flexibility index (Phi) is 5.92. The number of rotatable bonds is 7. The monoisotopic (exact) mass is 242 g/mol. The van der Waals surface area contributed by atoms with E-state index in [0.29, 0.717) is 31.5 Å². The van der Waals surface area contributed by atoms with Gasteiger partial charge in [-0.2, -0.15) is 0 Å². The lowest BCUT2D eigenvalue weighted by molar-refractivity contribution is -0.128. The average Bonchev–Trinajstić information content (AvgIpc) is 2.54. The third kappa shape index (κ3) is 5.04. The molecular weight excluding hydrogens is 216 g/mol. The molecule has 1 fully saturated rings. The lowest BCUT2D eigenvalue weighted by Crippen LogP contribution is -2.40. The predicted molar refractivity (Wildman–Crippen MR) is 68.6 cm³/mol. The maximum atomic E-state index is 11.7. The second-order valence-corrected chi connectivity index (χ2v) is 5.58. The number of nitrogens with zero attached hydrogens (tertiary/aromatic N) is 1. The van der Waals surface area contributed by atoms with Crippen LogP contribution < -0.4 is 5.32 Å². The van der Waals surface area contributed by atoms with Gasteiger partial charge in [0.2, 0.25) is 5.91 Å². The molecule has 0 aromatic carbocycles. The molecule has 1 amide bonds. The molecule has 0 saturated carbocycles. The van der Waals surface area contributed by atoms with Crippen LogP contribution >= 0.6 is 0 Å². The molecule has 100 valence electrons. The highest BCUT2D eigenvalue weighted by atomic mass is 16.5. The zero-order valence-corrected chi connectivity index (χ0v) is 11.5. The van der Waals surface area contributed by atoms with E-state index in [2.05, 4.69) is 33.0 Å². The second kappa shape index (κ2) is 6.97. The summed E-state index contributed by atoms with van der Waals surface area (Å²) in [5, 5.41) is 3.26. The third-order valence-electron chi connectivity index (χ3n) is 2.81. The molecule has 0 spiro atoms. The Labute approximate surface area is 105 Å². The van der Waals surface area contributed by atoms with Crippen LogP contribution in [0.5, 0.6) is 0 Å². The molecule has 0 aliphatic carbocycles. The third-order valence-corrected chi connectivity index (χ3v) is 2.81. The summed E-state index contributed by atoms with van der Waals surface area (Å²) in [5.74, 6) is 1.34. The van der Waals surface area contributed by atoms with Crippen molar-refractivity contribution in [1.82, 2.24) is 10.2 Å². The number of hydrogen-bond acceptors (Lipinski definition) is 3. The van der Waals surface area contributed by atoms with E-state index in [4.69, 9.17) is 4.74 Å². The largest absolute Gasteiger partial charge is 0.379 e. The van der Waals surface area contributed by atoms with E-state index in [9.17, 15) is 4.79 Å². The molecule has 1 aliphatic rings. The van der Waals surface area contributed by atoms with Gasteiger partial charge in [-0.05, 0) is 18.3 Å². The van der Waals surface area contributed by atoms with Crippen molar-refractivity contribution < 1.29 is 9.53 Å². The summed E-state index contributed by atoms with van der Waals surface area (Å²) in [6, 6.07) is 0. The Morgan fingerprint density at radius 3 is 2.65 bits per heavy atom. The summed E-state index contributed by atoms with van der Waals surface area (Å²) < 4.78 is 5.54. The van der Waals surface area contributed by atoms with Crippen LogP contribution in [0.1, 0.15) is 34.1 Å². The highest BCUT2D eigenvalue weighted by Crippen LogP contribution is 2.13. The van der Waals surface area contributed by atoms with E-state index in [1.165, 1.54) is 0 Å². The van der Waals surface area contributed by atoms with Crippen LogP contribution in [0.2, 0.25) is 0 Å². The van der Waals surface area contributed by atoms with E-state index >= 15 is 0 Å². The highest BCUT2D eigenvalue weighted by Gasteiger charge is 2.30. The minimum Gasteiger partial charge on any atom is -0.379 e. The van der Waals surface area contributed by atoms with Crippen molar-refractivity contribution in [2.45, 2.75) is 40.3 Å². The smallest absolute Gasteiger partial charge is 0.237 e. The first-order valence-corrected chi connectivity index (χ1v) is 6.61. The van der Waals surface area contributed by atoms with Gasteiger partial charge in [0, 0.05) is 13.2 Å². The molecule has 17 heavy (non-hydrogen) atoms. The first-order chi connectivity index (χ1) is 8.00. The van der Waals surface area contributed by atoms with Gasteiger partial charge >= 0.3 is 0 Å². The summed E-state index contributed by atoms with van der Waals surface area (Å²) in [5.41, 5.74) is 0. The number of carbonyl (C=O) groups is 1. The lowest BCUT2D eigenvalue weighted by Gasteiger charge is -2.25. The highest BCUT2D eigenvalue weighted by molar-refractivity contribution is 5.80. The van der Waals surface area contributed by atoms with Gasteiger partial charge in [0.05, 0.1) is 19.3 Å². The van der Waals surface area contributed by atoms with Crippen molar-refractivity contribution in [2.75, 3.05) is 26.3 Å². The Morgan fingerprint density at radius 1 is 1.35 bits per heavy atom. The van der Waals surface area contributed by atoms with Gasteiger partial charge in [-0.1, -0.05) is 27.7 Å². The van der Waals surface area contributed by atoms with E-state index < -0.39 is 0 Å². The summed E-state index contributed by atoms with van der Waals surface area (Å²) in [4.78, 5) is 13.6. The number of amides is 1. The van der Waals surface area contributed by atoms with Crippen LogP contribution in [0.25, 0.3) is 0 Å². The van der Waals surface area contributed by atoms with Crippen molar-refractivity contribution in [3.05, 3.63) is 0 Å². The first kappa shape index (κ1) is 14.5. The van der Waals surface area contributed by atoms with Crippen LogP contribution in [0.15, 0.2) is 0 Å². The summed E-state index contributed by atoms with van der Waals surface area (Å²) >= 11 is 0. The molecule has 1 unspecified atom stereocenters. The summed E-state index contributed by atoms with van der Waals surface area (Å²) in [6.45, 7) is 11.2. The van der Waals surface area contributed by atoms with E-state index in [1.807, 2.05) is 4.90 Å². The van der Waals surface area contributed by atoms with Gasteiger partial charge in [0.1, 0.15) is 0 Å². The fourth-order valence-corrected chi connectivity index (χ4v) is 2.01. The first-order valence-electron chi connectivity index (χ1n) is 6.61. The molecular formula is C13H26N2O2. The van der Waals surface area contributed by atoms with Crippen LogP contribution in [0.4, 0.5) is 0 Å². The van der Waals surface area contributed by atoms with Crippen molar-refractivity contribution in [1.29, 1.82) is 0 Å². The molecule has 0 radical (unpaired) electrons. The van der Waals surface area contributed by atoms with Crippen molar-refractivity contribution in [3.8, 4) is 0 Å². The fourth-order valence-electron chi connectivity index (χ4n) is 2.01. The van der Waals surface area contributed by atoms with Gasteiger partial charge in [-0.3, -0.25) is 10.1 Å². The number of ether oxygens (including phenoxy) is 1. The number of nitrogens with one attached hydrogen (secondary N) is 1. The Balaban J connectivity index is 2.30. The van der Waals surface area contributed by atoms with E-state index in [0.717, 1.165) is 13.0 Å². The van der Waals surface area contributed by atoms with E-state index in [-0.39, 0.29) is 12.1 Å². The minimum absolute atomic E-state index is 0.198. The zero-order valence-electron chi connectivity index (χ0n) is 11.5. The maximum absolute atomic E-state index is 11.7. The van der Waals surface area contributed by atoms with Gasteiger partial charge in [-0.15, -0.1) is 0 Å². The normalized spacial score (nSPS) is 20.9. The molecule has 0 aromatic heterocycles. The van der Waals surface area contributed by atoms with Gasteiger partial charge in [0.25, 0.3) is 0 Å². The Morgan fingerprint density at radius 2 is 2.06 bits per heavy atom. The Bertz CT molecular complexity index is 242. The number of carbonyl (C=O) groups excluding carboxylic acids is 1. The maximum Gasteiger partial charge on any atom is 0.237 e. The zero-order chi connectivity index (χ0) is 12.8. The van der Waals surface area contributed by atoms with Gasteiger partial charge in [0.15, 0.2) is 0 Å². The van der Waals surface area contributed by atoms with E-state index in [1.54, 1.807) is 0 Å². The van der Waals surface area contributed by atoms with Crippen LogP contribution in [0, 0.1) is 11.8 Å². The molecule has 1 saturated heterocycles. The quantitative estimate of drug-likeness (QED) is 0.687. The molecule has 4 nitrogen and oxygen atoms in total. The molecule has 0 aromatic rings. The molecule has 0 bridgehead atoms. The average molecular weight is 242 g/mol. The predicted octanol–water partition coefficient (Wildman–Crippen LogP) is 1.46. The van der Waals surface area contributed by atoms with Gasteiger partial charge < -0.3 is 9.64 Å². The molecule has 4 heteroatoms. The molecule has 1 rings (SSSR count).